The van der Waals surface area contributed by atoms with Gasteiger partial charge in [-0.25, -0.2) is 0 Å². The molecule has 0 aromatic heterocycles. The van der Waals surface area contributed by atoms with Gasteiger partial charge in [0.05, 0.1) is 7.11 Å². The first-order chi connectivity index (χ1) is 8.71. The molecule has 0 bridgehead atoms. The second-order valence-electron chi connectivity index (χ2n) is 6.77. The Labute approximate surface area is 116 Å². The fourth-order valence-electron chi connectivity index (χ4n) is 2.73. The van der Waals surface area contributed by atoms with Gasteiger partial charge in [-0.05, 0) is 38.0 Å². The summed E-state index contributed by atoms with van der Waals surface area (Å²) in [5, 5.41) is 2.92. The van der Waals surface area contributed by atoms with Crippen LogP contribution in [0.1, 0.15) is 53.4 Å². The van der Waals surface area contributed by atoms with Crippen molar-refractivity contribution in [1.29, 1.82) is 0 Å². The van der Waals surface area contributed by atoms with E-state index in [4.69, 9.17) is 0 Å². The van der Waals surface area contributed by atoms with E-state index in [0.29, 0.717) is 12.5 Å². The predicted octanol–water partition coefficient (Wildman–Crippen LogP) is 2.52. The number of rotatable bonds is 5. The van der Waals surface area contributed by atoms with Crippen molar-refractivity contribution in [2.24, 2.45) is 16.7 Å². The van der Waals surface area contributed by atoms with Gasteiger partial charge in [-0.2, -0.15) is 0 Å². The van der Waals surface area contributed by atoms with E-state index in [2.05, 4.69) is 23.9 Å². The molecule has 0 aliphatic heterocycles. The SMILES string of the molecule is COC(=O)C(C)(C)C(=O)NCC(C)(C)C1CCCC1. The number of hydrogen-bond acceptors (Lipinski definition) is 3. The van der Waals surface area contributed by atoms with E-state index < -0.39 is 11.4 Å². The van der Waals surface area contributed by atoms with Crippen LogP contribution >= 0.6 is 0 Å². The molecule has 0 unspecified atom stereocenters. The summed E-state index contributed by atoms with van der Waals surface area (Å²) in [4.78, 5) is 23.7. The highest BCUT2D eigenvalue weighted by atomic mass is 16.5. The van der Waals surface area contributed by atoms with Crippen LogP contribution in [-0.4, -0.2) is 25.5 Å². The average Bonchev–Trinajstić information content (AvgIpc) is 2.89. The molecule has 1 aliphatic rings. The first-order valence-corrected chi connectivity index (χ1v) is 7.08. The van der Waals surface area contributed by atoms with Gasteiger partial charge in [0, 0.05) is 6.54 Å². The minimum absolute atomic E-state index is 0.0817. The van der Waals surface area contributed by atoms with E-state index in [1.807, 2.05) is 0 Å². The Morgan fingerprint density at radius 2 is 1.68 bits per heavy atom. The molecule has 0 spiro atoms. The summed E-state index contributed by atoms with van der Waals surface area (Å²) in [7, 11) is 1.31. The lowest BCUT2D eigenvalue weighted by molar-refractivity contribution is -0.156. The average molecular weight is 269 g/mol. The van der Waals surface area contributed by atoms with Crippen LogP contribution in [0.15, 0.2) is 0 Å². The standard InChI is InChI=1S/C15H27NO3/c1-14(2,11-8-6-7-9-11)10-16-12(17)15(3,4)13(18)19-5/h11H,6-10H2,1-5H3,(H,16,17). The monoisotopic (exact) mass is 269 g/mol. The fourth-order valence-corrected chi connectivity index (χ4v) is 2.73. The zero-order valence-electron chi connectivity index (χ0n) is 12.8. The lowest BCUT2D eigenvalue weighted by Crippen LogP contribution is -2.47. The van der Waals surface area contributed by atoms with Gasteiger partial charge in [0.15, 0.2) is 0 Å². The molecule has 110 valence electrons. The second-order valence-corrected chi connectivity index (χ2v) is 6.77. The third-order valence-electron chi connectivity index (χ3n) is 4.43. The smallest absolute Gasteiger partial charge is 0.320 e. The van der Waals surface area contributed by atoms with Gasteiger partial charge in [0.25, 0.3) is 0 Å². The number of methoxy groups -OCH3 is 1. The molecule has 1 N–H and O–H groups in total. The summed E-state index contributed by atoms with van der Waals surface area (Å²) in [5.41, 5.74) is -1.04. The van der Waals surface area contributed by atoms with Crippen LogP contribution in [0.5, 0.6) is 0 Å². The highest BCUT2D eigenvalue weighted by Crippen LogP contribution is 2.39. The lowest BCUT2D eigenvalue weighted by Gasteiger charge is -2.33. The number of carbonyl (C=O) groups is 2. The maximum Gasteiger partial charge on any atom is 0.320 e. The molecule has 1 fully saturated rings. The quantitative estimate of drug-likeness (QED) is 0.616. The van der Waals surface area contributed by atoms with Crippen molar-refractivity contribution in [2.75, 3.05) is 13.7 Å². The normalized spacial score (nSPS) is 17.3. The van der Waals surface area contributed by atoms with E-state index in [1.54, 1.807) is 13.8 Å². The molecule has 0 aromatic carbocycles. The summed E-state index contributed by atoms with van der Waals surface area (Å²) < 4.78 is 4.67. The highest BCUT2D eigenvalue weighted by molar-refractivity contribution is 6.01. The zero-order valence-corrected chi connectivity index (χ0v) is 12.8. The van der Waals surface area contributed by atoms with Crippen molar-refractivity contribution in [1.82, 2.24) is 5.32 Å². The number of ether oxygens (including phenoxy) is 1. The Hall–Kier alpha value is -1.06. The van der Waals surface area contributed by atoms with E-state index in [-0.39, 0.29) is 11.3 Å². The summed E-state index contributed by atoms with van der Waals surface area (Å²) in [5.74, 6) is -0.0943. The van der Waals surface area contributed by atoms with Crippen LogP contribution in [0.25, 0.3) is 0 Å². The van der Waals surface area contributed by atoms with Crippen molar-refractivity contribution < 1.29 is 14.3 Å². The number of hydrogen-bond donors (Lipinski definition) is 1. The van der Waals surface area contributed by atoms with Gasteiger partial charge >= 0.3 is 5.97 Å². The molecule has 0 radical (unpaired) electrons. The Morgan fingerprint density at radius 1 is 1.16 bits per heavy atom. The van der Waals surface area contributed by atoms with Crippen LogP contribution < -0.4 is 5.32 Å². The first-order valence-electron chi connectivity index (χ1n) is 7.08. The molecule has 4 heteroatoms. The van der Waals surface area contributed by atoms with Crippen LogP contribution in [0.3, 0.4) is 0 Å². The molecule has 19 heavy (non-hydrogen) atoms. The minimum Gasteiger partial charge on any atom is -0.468 e. The van der Waals surface area contributed by atoms with Crippen LogP contribution in [0, 0.1) is 16.7 Å². The summed E-state index contributed by atoms with van der Waals surface area (Å²) in [6.45, 7) is 8.17. The van der Waals surface area contributed by atoms with Crippen molar-refractivity contribution >= 4 is 11.9 Å². The molecular formula is C15H27NO3. The molecule has 4 nitrogen and oxygen atoms in total. The minimum atomic E-state index is -1.12. The van der Waals surface area contributed by atoms with E-state index in [1.165, 1.54) is 32.8 Å². The summed E-state index contributed by atoms with van der Waals surface area (Å²) >= 11 is 0. The number of esters is 1. The number of nitrogens with one attached hydrogen (secondary N) is 1. The number of amides is 1. The lowest BCUT2D eigenvalue weighted by atomic mass is 9.77. The maximum atomic E-state index is 12.1. The molecule has 0 heterocycles. The molecule has 1 rings (SSSR count). The van der Waals surface area contributed by atoms with Crippen molar-refractivity contribution in [3.05, 3.63) is 0 Å². The fraction of sp³-hybridized carbons (Fsp3) is 0.867. The van der Waals surface area contributed by atoms with Gasteiger partial charge in [-0.1, -0.05) is 26.7 Å². The summed E-state index contributed by atoms with van der Waals surface area (Å²) in [6.07, 6.45) is 5.05. The van der Waals surface area contributed by atoms with Gasteiger partial charge in [0.2, 0.25) is 5.91 Å². The molecule has 0 aromatic rings. The predicted molar refractivity (Wildman–Crippen MR) is 74.5 cm³/mol. The van der Waals surface area contributed by atoms with E-state index in [0.717, 1.165) is 0 Å². The first kappa shape index (κ1) is 16.0. The molecule has 0 atom stereocenters. The van der Waals surface area contributed by atoms with Crippen molar-refractivity contribution in [2.45, 2.75) is 53.4 Å². The van der Waals surface area contributed by atoms with Crippen LogP contribution in [-0.2, 0) is 14.3 Å². The second kappa shape index (κ2) is 5.93. The molecule has 1 saturated carbocycles. The molecular weight excluding hydrogens is 242 g/mol. The topological polar surface area (TPSA) is 55.4 Å². The van der Waals surface area contributed by atoms with Crippen molar-refractivity contribution in [3.8, 4) is 0 Å². The highest BCUT2D eigenvalue weighted by Gasteiger charge is 2.39. The van der Waals surface area contributed by atoms with Crippen LogP contribution in [0.2, 0.25) is 0 Å². The third-order valence-corrected chi connectivity index (χ3v) is 4.43. The Morgan fingerprint density at radius 3 is 2.16 bits per heavy atom. The summed E-state index contributed by atoms with van der Waals surface area (Å²) in [6, 6.07) is 0. The zero-order chi connectivity index (χ0) is 14.7. The van der Waals surface area contributed by atoms with Crippen molar-refractivity contribution in [3.63, 3.8) is 0 Å². The Balaban J connectivity index is 2.56. The van der Waals surface area contributed by atoms with Gasteiger partial charge < -0.3 is 10.1 Å². The molecule has 1 aliphatic carbocycles. The molecule has 1 amide bonds. The van der Waals surface area contributed by atoms with Crippen LogP contribution in [0.4, 0.5) is 0 Å². The third kappa shape index (κ3) is 3.71. The largest absolute Gasteiger partial charge is 0.468 e. The molecule has 0 saturated heterocycles. The van der Waals surface area contributed by atoms with Gasteiger partial charge in [-0.3, -0.25) is 9.59 Å². The Kier molecular flexibility index (Phi) is 4.99. The van der Waals surface area contributed by atoms with E-state index in [9.17, 15) is 9.59 Å². The number of carbonyl (C=O) groups excluding carboxylic acids is 2. The Bertz CT molecular complexity index is 341. The van der Waals surface area contributed by atoms with Gasteiger partial charge in [0.1, 0.15) is 5.41 Å². The maximum absolute atomic E-state index is 12.1. The van der Waals surface area contributed by atoms with E-state index >= 15 is 0 Å². The van der Waals surface area contributed by atoms with Gasteiger partial charge in [-0.15, -0.1) is 0 Å².